The summed E-state index contributed by atoms with van der Waals surface area (Å²) in [5.74, 6) is 1.18. The molecule has 1 saturated heterocycles. The zero-order valence-corrected chi connectivity index (χ0v) is 18.6. The van der Waals surface area contributed by atoms with E-state index in [2.05, 4.69) is 5.32 Å². The lowest BCUT2D eigenvalue weighted by Gasteiger charge is -2.26. The summed E-state index contributed by atoms with van der Waals surface area (Å²) in [5, 5.41) is 2.68. The van der Waals surface area contributed by atoms with E-state index >= 15 is 0 Å². The van der Waals surface area contributed by atoms with E-state index in [-0.39, 0.29) is 17.2 Å². The second kappa shape index (κ2) is 10.5. The average Bonchev–Trinajstić information content (AvgIpc) is 2.79. The van der Waals surface area contributed by atoms with Gasteiger partial charge in [-0.1, -0.05) is 6.42 Å². The molecule has 0 unspecified atom stereocenters. The van der Waals surface area contributed by atoms with Crippen LogP contribution in [0.1, 0.15) is 26.2 Å². The number of piperidine rings is 1. The summed E-state index contributed by atoms with van der Waals surface area (Å²) in [6.07, 6.45) is 2.73. The van der Waals surface area contributed by atoms with Crippen molar-refractivity contribution in [2.24, 2.45) is 0 Å². The van der Waals surface area contributed by atoms with Gasteiger partial charge in [0.2, 0.25) is 10.0 Å². The Balaban J connectivity index is 1.68. The molecule has 9 heteroatoms. The molecule has 0 spiro atoms. The van der Waals surface area contributed by atoms with Crippen LogP contribution in [-0.2, 0) is 14.8 Å². The van der Waals surface area contributed by atoms with E-state index in [1.807, 2.05) is 6.92 Å². The molecular formula is C22H28N2O6S. The van der Waals surface area contributed by atoms with E-state index < -0.39 is 15.9 Å². The summed E-state index contributed by atoms with van der Waals surface area (Å²) in [7, 11) is -2.17. The zero-order valence-electron chi connectivity index (χ0n) is 17.8. The van der Waals surface area contributed by atoms with Gasteiger partial charge in [0.25, 0.3) is 5.91 Å². The highest BCUT2D eigenvalue weighted by molar-refractivity contribution is 7.89. The van der Waals surface area contributed by atoms with Crippen molar-refractivity contribution in [2.75, 3.05) is 38.7 Å². The first kappa shape index (κ1) is 22.9. The number of rotatable bonds is 9. The minimum absolute atomic E-state index is 0.123. The van der Waals surface area contributed by atoms with Crippen molar-refractivity contribution in [3.63, 3.8) is 0 Å². The Hall–Kier alpha value is -2.78. The van der Waals surface area contributed by atoms with Gasteiger partial charge < -0.3 is 19.5 Å². The maximum absolute atomic E-state index is 12.9. The second-order valence-corrected chi connectivity index (χ2v) is 9.01. The molecule has 0 aromatic heterocycles. The molecule has 0 aliphatic carbocycles. The molecule has 3 rings (SSSR count). The molecule has 1 amide bonds. The number of methoxy groups -OCH3 is 1. The molecule has 1 aliphatic heterocycles. The number of nitrogens with one attached hydrogen (secondary N) is 1. The van der Waals surface area contributed by atoms with Crippen molar-refractivity contribution in [3.8, 4) is 17.2 Å². The number of sulfonamides is 1. The van der Waals surface area contributed by atoms with Crippen LogP contribution in [0.4, 0.5) is 5.69 Å². The van der Waals surface area contributed by atoms with Gasteiger partial charge >= 0.3 is 0 Å². The SMILES string of the molecule is CCOc1ccc(OCC(=O)Nc2cc(S(=O)(=O)N3CCCCC3)ccc2OC)cc1. The first-order valence-corrected chi connectivity index (χ1v) is 11.7. The molecule has 31 heavy (non-hydrogen) atoms. The number of amides is 1. The van der Waals surface area contributed by atoms with Crippen LogP contribution < -0.4 is 19.5 Å². The first-order valence-electron chi connectivity index (χ1n) is 10.3. The number of carbonyl (C=O) groups excluding carboxylic acids is 1. The highest BCUT2D eigenvalue weighted by Gasteiger charge is 2.27. The lowest BCUT2D eigenvalue weighted by atomic mass is 10.2. The van der Waals surface area contributed by atoms with Crippen LogP contribution in [0.3, 0.4) is 0 Å². The van der Waals surface area contributed by atoms with Crippen molar-refractivity contribution in [3.05, 3.63) is 42.5 Å². The van der Waals surface area contributed by atoms with E-state index in [1.165, 1.54) is 23.5 Å². The van der Waals surface area contributed by atoms with Gasteiger partial charge in [-0.05, 0) is 62.2 Å². The zero-order chi connectivity index (χ0) is 22.3. The molecule has 0 radical (unpaired) electrons. The van der Waals surface area contributed by atoms with Crippen LogP contribution in [-0.4, -0.2) is 52.0 Å². The predicted molar refractivity (Wildman–Crippen MR) is 117 cm³/mol. The van der Waals surface area contributed by atoms with Crippen LogP contribution in [0, 0.1) is 0 Å². The number of hydrogen-bond acceptors (Lipinski definition) is 6. The molecule has 2 aromatic rings. The van der Waals surface area contributed by atoms with Gasteiger partial charge in [-0.3, -0.25) is 4.79 Å². The number of benzene rings is 2. The molecule has 1 heterocycles. The maximum atomic E-state index is 12.9. The molecule has 0 atom stereocenters. The number of nitrogens with zero attached hydrogens (tertiary/aromatic N) is 1. The van der Waals surface area contributed by atoms with Gasteiger partial charge in [0.05, 0.1) is 24.3 Å². The Bertz CT molecular complexity index is 986. The first-order chi connectivity index (χ1) is 14.9. The topological polar surface area (TPSA) is 94.2 Å². The van der Waals surface area contributed by atoms with Gasteiger partial charge in [-0.15, -0.1) is 0 Å². The number of carbonyl (C=O) groups is 1. The minimum Gasteiger partial charge on any atom is -0.495 e. The highest BCUT2D eigenvalue weighted by Crippen LogP contribution is 2.30. The van der Waals surface area contributed by atoms with Crippen LogP contribution >= 0.6 is 0 Å². The number of hydrogen-bond donors (Lipinski definition) is 1. The fourth-order valence-corrected chi connectivity index (χ4v) is 4.88. The van der Waals surface area contributed by atoms with Crippen molar-refractivity contribution in [2.45, 2.75) is 31.1 Å². The Morgan fingerprint density at radius 2 is 1.65 bits per heavy atom. The summed E-state index contributed by atoms with van der Waals surface area (Å²) in [6.45, 7) is 3.24. The Morgan fingerprint density at radius 3 is 2.26 bits per heavy atom. The maximum Gasteiger partial charge on any atom is 0.262 e. The van der Waals surface area contributed by atoms with Crippen molar-refractivity contribution >= 4 is 21.6 Å². The lowest BCUT2D eigenvalue weighted by molar-refractivity contribution is -0.118. The monoisotopic (exact) mass is 448 g/mol. The third-order valence-electron chi connectivity index (χ3n) is 4.90. The number of ether oxygens (including phenoxy) is 3. The largest absolute Gasteiger partial charge is 0.495 e. The highest BCUT2D eigenvalue weighted by atomic mass is 32.2. The van der Waals surface area contributed by atoms with Crippen molar-refractivity contribution in [1.29, 1.82) is 0 Å². The van der Waals surface area contributed by atoms with Gasteiger partial charge in [-0.25, -0.2) is 8.42 Å². The van der Waals surface area contributed by atoms with Crippen LogP contribution in [0.2, 0.25) is 0 Å². The average molecular weight is 449 g/mol. The van der Waals surface area contributed by atoms with E-state index in [4.69, 9.17) is 14.2 Å². The molecule has 0 saturated carbocycles. The quantitative estimate of drug-likeness (QED) is 0.633. The summed E-state index contributed by atoms with van der Waals surface area (Å²) in [4.78, 5) is 12.5. The Morgan fingerprint density at radius 1 is 1.00 bits per heavy atom. The van der Waals surface area contributed by atoms with E-state index in [9.17, 15) is 13.2 Å². The predicted octanol–water partition coefficient (Wildman–Crippen LogP) is 3.29. The smallest absolute Gasteiger partial charge is 0.262 e. The Kier molecular flexibility index (Phi) is 7.75. The second-order valence-electron chi connectivity index (χ2n) is 7.07. The molecule has 168 valence electrons. The molecule has 1 aliphatic rings. The summed E-state index contributed by atoms with van der Waals surface area (Å²) >= 11 is 0. The minimum atomic E-state index is -3.63. The molecule has 0 bridgehead atoms. The fourth-order valence-electron chi connectivity index (χ4n) is 3.33. The third-order valence-corrected chi connectivity index (χ3v) is 6.80. The normalized spacial score (nSPS) is 14.6. The molecule has 1 fully saturated rings. The van der Waals surface area contributed by atoms with Gasteiger partial charge in [0.1, 0.15) is 17.2 Å². The van der Waals surface area contributed by atoms with Crippen LogP contribution in [0.25, 0.3) is 0 Å². The summed E-state index contributed by atoms with van der Waals surface area (Å²) in [5.41, 5.74) is 0.279. The molecule has 8 nitrogen and oxygen atoms in total. The van der Waals surface area contributed by atoms with Crippen LogP contribution in [0.15, 0.2) is 47.4 Å². The third kappa shape index (κ3) is 5.89. The molecular weight excluding hydrogens is 420 g/mol. The van der Waals surface area contributed by atoms with E-state index in [0.717, 1.165) is 25.0 Å². The van der Waals surface area contributed by atoms with Crippen LogP contribution in [0.5, 0.6) is 17.2 Å². The fraction of sp³-hybridized carbons (Fsp3) is 0.409. The number of anilines is 1. The van der Waals surface area contributed by atoms with Gasteiger partial charge in [0.15, 0.2) is 6.61 Å². The molecule has 1 N–H and O–H groups in total. The summed E-state index contributed by atoms with van der Waals surface area (Å²) in [6, 6.07) is 11.4. The standard InChI is InChI=1S/C22H28N2O6S/c1-3-29-17-7-9-18(10-8-17)30-16-22(25)23-20-15-19(11-12-21(20)28-2)31(26,27)24-13-5-4-6-14-24/h7-12,15H,3-6,13-14,16H2,1-2H3,(H,23,25). The lowest BCUT2D eigenvalue weighted by Crippen LogP contribution is -2.35. The van der Waals surface area contributed by atoms with Gasteiger partial charge in [0, 0.05) is 13.1 Å². The van der Waals surface area contributed by atoms with E-state index in [0.29, 0.717) is 31.2 Å². The summed E-state index contributed by atoms with van der Waals surface area (Å²) < 4.78 is 43.5. The molecule has 2 aromatic carbocycles. The van der Waals surface area contributed by atoms with Crippen molar-refractivity contribution in [1.82, 2.24) is 4.31 Å². The van der Waals surface area contributed by atoms with Gasteiger partial charge in [-0.2, -0.15) is 4.31 Å². The van der Waals surface area contributed by atoms with E-state index in [1.54, 1.807) is 30.3 Å². The Labute approximate surface area is 183 Å². The van der Waals surface area contributed by atoms with Crippen molar-refractivity contribution < 1.29 is 27.4 Å².